The summed E-state index contributed by atoms with van der Waals surface area (Å²) >= 11 is 0. The summed E-state index contributed by atoms with van der Waals surface area (Å²) in [7, 11) is -3.13. The molecule has 1 aromatic rings. The van der Waals surface area contributed by atoms with Gasteiger partial charge in [0.05, 0.1) is 16.6 Å². The first-order valence-corrected chi connectivity index (χ1v) is 6.93. The molecule has 1 fully saturated rings. The van der Waals surface area contributed by atoms with Crippen LogP contribution in [0.3, 0.4) is 0 Å². The minimum absolute atomic E-state index is 0.316. The molecule has 1 aromatic carbocycles. The molecule has 1 saturated heterocycles. The smallest absolute Gasteiger partial charge is 0.165 e. The lowest BCUT2D eigenvalue weighted by Gasteiger charge is -2.56. The van der Waals surface area contributed by atoms with Crippen molar-refractivity contribution in [3.8, 4) is 11.5 Å². The van der Waals surface area contributed by atoms with Crippen LogP contribution in [0.1, 0.15) is 35.4 Å². The molecule has 2 aliphatic carbocycles. The van der Waals surface area contributed by atoms with Crippen molar-refractivity contribution in [1.29, 1.82) is 0 Å². The lowest BCUT2D eigenvalue weighted by molar-refractivity contribution is -0.0453. The predicted molar refractivity (Wildman–Crippen MR) is 82.5 cm³/mol. The van der Waals surface area contributed by atoms with Crippen LogP contribution in [0.4, 0.5) is 0 Å². The summed E-state index contributed by atoms with van der Waals surface area (Å²) in [4.78, 5) is 0.793. The van der Waals surface area contributed by atoms with Gasteiger partial charge in [-0.3, -0.25) is 0 Å². The van der Waals surface area contributed by atoms with E-state index in [-0.39, 0.29) is 18.5 Å². The van der Waals surface area contributed by atoms with E-state index in [4.69, 9.17) is 24.6 Å². The summed E-state index contributed by atoms with van der Waals surface area (Å²) in [5.74, 6) is -3.71. The number of rotatable bonds is 1. The van der Waals surface area contributed by atoms with Crippen LogP contribution in [-0.4, -0.2) is 48.8 Å². The Balaban J connectivity index is 1.98. The lowest BCUT2D eigenvalue weighted by atomic mass is 9.53. The lowest BCUT2D eigenvalue weighted by Crippen LogP contribution is -2.64. The molecule has 2 unspecified atom stereocenters. The normalized spacial score (nSPS) is 63.1. The summed E-state index contributed by atoms with van der Waals surface area (Å²) < 4.78 is 119. The highest BCUT2D eigenvalue weighted by atomic mass is 16.5. The molecule has 2 bridgehead atoms. The van der Waals surface area contributed by atoms with Crippen molar-refractivity contribution >= 4 is 0 Å². The number of nitrogens with zero attached hydrogens (tertiary/aromatic N) is 1. The third-order valence-corrected chi connectivity index (χ3v) is 4.87. The van der Waals surface area contributed by atoms with Gasteiger partial charge in [0, 0.05) is 31.1 Å². The van der Waals surface area contributed by atoms with Crippen LogP contribution in [-0.2, 0) is 11.8 Å². The van der Waals surface area contributed by atoms with E-state index in [0.717, 1.165) is 17.1 Å². The number of piperidine rings is 1. The van der Waals surface area contributed by atoms with Crippen molar-refractivity contribution < 1.29 is 32.4 Å². The maximum atomic E-state index is 11.0. The number of benzene rings is 1. The second kappa shape index (κ2) is 4.06. The molecular weight excluding hydrogens is 278 g/mol. The fourth-order valence-corrected chi connectivity index (χ4v) is 3.97. The van der Waals surface area contributed by atoms with E-state index in [1.807, 2.05) is 0 Å². The summed E-state index contributed by atoms with van der Waals surface area (Å²) in [5.41, 5.74) is -2.95. The zero-order valence-corrected chi connectivity index (χ0v) is 11.4. The van der Waals surface area contributed by atoms with E-state index in [1.54, 1.807) is 0 Å². The van der Waals surface area contributed by atoms with E-state index >= 15 is 0 Å². The highest BCUT2D eigenvalue weighted by Gasteiger charge is 2.64. The maximum Gasteiger partial charge on any atom is 0.165 e. The van der Waals surface area contributed by atoms with Crippen LogP contribution in [0.15, 0.2) is 24.2 Å². The van der Waals surface area contributed by atoms with Gasteiger partial charge in [0.25, 0.3) is 0 Å². The molecule has 1 N–H and O–H groups in total. The predicted octanol–water partition coefficient (Wildman–Crippen LogP) is 1.50. The van der Waals surface area contributed by atoms with Crippen molar-refractivity contribution in [2.24, 2.45) is 5.89 Å². The molecule has 2 aliphatic heterocycles. The van der Waals surface area contributed by atoms with Gasteiger partial charge in [-0.25, -0.2) is 0 Å². The number of methoxy groups -OCH3 is 1. The number of ether oxygens (including phenoxy) is 2. The highest BCUT2D eigenvalue weighted by Crippen LogP contribution is 2.62. The van der Waals surface area contributed by atoms with Crippen LogP contribution >= 0.6 is 0 Å². The molecule has 5 atom stereocenters. The average molecular weight is 312 g/mol. The fourth-order valence-electron chi connectivity index (χ4n) is 3.97. The molecule has 4 aliphatic rings. The zero-order chi connectivity index (χ0) is 26.4. The number of hydrogen-bond acceptors (Lipinski definition) is 4. The third kappa shape index (κ3) is 1.28. The first-order chi connectivity index (χ1) is 15.7. The van der Waals surface area contributed by atoms with Crippen LogP contribution in [0.25, 0.3) is 0 Å². The third-order valence-electron chi connectivity index (χ3n) is 4.87. The Bertz CT molecular complexity index is 1180. The van der Waals surface area contributed by atoms with E-state index in [1.165, 1.54) is 0 Å². The van der Waals surface area contributed by atoms with Gasteiger partial charge in [-0.2, -0.15) is 0 Å². The largest absolute Gasteiger partial charge is 0.493 e. The zero-order valence-electron chi connectivity index (χ0n) is 24.4. The maximum absolute atomic E-state index is 11.0. The van der Waals surface area contributed by atoms with Crippen molar-refractivity contribution in [1.82, 2.24) is 4.90 Å². The Kier molecular flexibility index (Phi) is 1.02. The number of likely N-dealkylation sites (N-methyl/N-ethyl adjacent to an activating group) is 1. The van der Waals surface area contributed by atoms with Crippen LogP contribution in [0.5, 0.6) is 11.5 Å². The molecule has 0 radical (unpaired) electrons. The molecular formula is C18H21NO3. The van der Waals surface area contributed by atoms with Gasteiger partial charge >= 0.3 is 0 Å². The molecule has 116 valence electrons. The van der Waals surface area contributed by atoms with Crippen LogP contribution in [0.2, 0.25) is 0 Å². The van der Waals surface area contributed by atoms with Gasteiger partial charge in [-0.15, -0.1) is 0 Å². The number of likely N-dealkylation sites (tertiary alicyclic amines) is 1. The Morgan fingerprint density at radius 3 is 3.41 bits per heavy atom. The Labute approximate surface area is 148 Å². The molecule has 4 nitrogen and oxygen atoms in total. The van der Waals surface area contributed by atoms with Gasteiger partial charge in [0.2, 0.25) is 0 Å². The topological polar surface area (TPSA) is 41.9 Å². The number of aliphatic hydroxyl groups is 1. The van der Waals surface area contributed by atoms with Gasteiger partial charge < -0.3 is 19.5 Å². The minimum Gasteiger partial charge on any atom is -0.493 e. The molecule has 1 spiro atoms. The minimum atomic E-state index is -3.13. The molecule has 0 saturated carbocycles. The van der Waals surface area contributed by atoms with Crippen molar-refractivity contribution in [3.63, 3.8) is 0 Å². The summed E-state index contributed by atoms with van der Waals surface area (Å²) in [6.45, 7) is -3.25. The van der Waals surface area contributed by atoms with Gasteiger partial charge in [-0.05, 0) is 37.9 Å². The van der Waals surface area contributed by atoms with Gasteiger partial charge in [0.1, 0.15) is 12.2 Å². The fraction of sp³-hybridized carbons (Fsp3) is 0.556. The quantitative estimate of drug-likeness (QED) is 0.798. The van der Waals surface area contributed by atoms with Crippen molar-refractivity contribution in [3.05, 3.63) is 35.4 Å². The highest BCUT2D eigenvalue weighted by molar-refractivity contribution is 5.62. The molecule has 4 heteroatoms. The first-order valence-electron chi connectivity index (χ1n) is 13.4. The average Bonchev–Trinajstić information content (AvgIpc) is 2.94. The van der Waals surface area contributed by atoms with E-state index in [2.05, 4.69) is 0 Å². The Morgan fingerprint density at radius 1 is 1.59 bits per heavy atom. The van der Waals surface area contributed by atoms with E-state index < -0.39 is 79.0 Å². The monoisotopic (exact) mass is 312 g/mol. The van der Waals surface area contributed by atoms with Crippen molar-refractivity contribution in [2.45, 2.75) is 36.4 Å². The van der Waals surface area contributed by atoms with Crippen molar-refractivity contribution in [2.75, 3.05) is 20.6 Å². The Hall–Kier alpha value is -1.52. The number of hydrogen-bond donors (Lipinski definition) is 1. The van der Waals surface area contributed by atoms with Crippen LogP contribution in [0, 0.1) is 5.89 Å². The van der Waals surface area contributed by atoms with Gasteiger partial charge in [0.15, 0.2) is 11.5 Å². The molecule has 22 heavy (non-hydrogen) atoms. The van der Waals surface area contributed by atoms with Gasteiger partial charge in [-0.1, -0.05) is 18.2 Å². The molecule has 2 heterocycles. The summed E-state index contributed by atoms with van der Waals surface area (Å²) in [6, 6.07) is -3.52. The first kappa shape index (κ1) is 5.53. The molecule has 5 rings (SSSR count). The SMILES string of the molecule is [2H]c1c([2H])c2c3c(c1OC([2H])([2H])[2H])OC1([2H])C([2H])(O)C=C[C@@]4([2H])[C@H](N(C([2H])([2H])[2H])CC[C@]314)C2([2H])[2H]. The Morgan fingerprint density at radius 2 is 2.55 bits per heavy atom. The molecule has 0 aromatic heterocycles. The summed E-state index contributed by atoms with van der Waals surface area (Å²) in [5, 5.41) is 11.0. The summed E-state index contributed by atoms with van der Waals surface area (Å²) in [6.07, 6.45) is -7.01. The standard InChI is InChI=1S/C18H21NO3/c1-19-8-7-18-11-4-5-13(20)17(18)22-16-14(21-2)6-3-10(15(16)18)9-12(11)19/h3-6,11-13,17,20H,7-9H2,1-2H3/t11-,12+,13?,17?,18-/m0/s1/i1D3,2D3,3D,6D,9D2,11D,13D,17D. The second-order valence-electron chi connectivity index (χ2n) is 5.76. The van der Waals surface area contributed by atoms with Crippen LogP contribution < -0.4 is 9.47 Å². The van der Waals surface area contributed by atoms with E-state index in [0.29, 0.717) is 0 Å². The van der Waals surface area contributed by atoms with E-state index in [9.17, 15) is 7.85 Å². The molecule has 0 amide bonds. The second-order valence-corrected chi connectivity index (χ2v) is 5.76.